The number of nitrogens with zero attached hydrogens (tertiary/aromatic N) is 1. The van der Waals surface area contributed by atoms with Crippen LogP contribution in [0, 0.1) is 0 Å². The molecule has 1 aliphatic rings. The number of carbonyl (C=O) groups excluding carboxylic acids is 2. The van der Waals surface area contributed by atoms with Crippen molar-refractivity contribution < 1.29 is 19.4 Å². The van der Waals surface area contributed by atoms with E-state index < -0.39 is 23.5 Å². The average molecular weight is 454 g/mol. The Bertz CT molecular complexity index is 1200. The molecule has 172 valence electrons. The van der Waals surface area contributed by atoms with E-state index in [0.717, 1.165) is 16.7 Å². The molecule has 0 bridgehead atoms. The van der Waals surface area contributed by atoms with Crippen molar-refractivity contribution in [3.05, 3.63) is 119 Å². The third-order valence-electron chi connectivity index (χ3n) is 5.79. The Kier molecular flexibility index (Phi) is 7.23. The van der Waals surface area contributed by atoms with E-state index in [0.29, 0.717) is 25.3 Å². The van der Waals surface area contributed by atoms with Crippen LogP contribution in [0.5, 0.6) is 5.75 Å². The zero-order valence-electron chi connectivity index (χ0n) is 19.1. The van der Waals surface area contributed by atoms with Crippen molar-refractivity contribution in [1.29, 1.82) is 0 Å². The van der Waals surface area contributed by atoms with Crippen molar-refractivity contribution >= 4 is 17.8 Å². The SMILES string of the molecule is CCOc1ccc(C2C(C(=O)/C=C/c3ccccc3)=C(O)C(=O)N2CCc2ccccc2)cc1. The van der Waals surface area contributed by atoms with Crippen LogP contribution < -0.4 is 4.74 Å². The number of rotatable bonds is 9. The lowest BCUT2D eigenvalue weighted by Gasteiger charge is -2.27. The highest BCUT2D eigenvalue weighted by atomic mass is 16.5. The van der Waals surface area contributed by atoms with Gasteiger partial charge in [-0.15, -0.1) is 0 Å². The highest BCUT2D eigenvalue weighted by Crippen LogP contribution is 2.38. The molecule has 3 aromatic carbocycles. The lowest BCUT2D eigenvalue weighted by Crippen LogP contribution is -2.33. The topological polar surface area (TPSA) is 66.8 Å². The maximum atomic E-state index is 13.2. The van der Waals surface area contributed by atoms with Gasteiger partial charge in [0.2, 0.25) is 0 Å². The molecule has 0 saturated carbocycles. The van der Waals surface area contributed by atoms with E-state index >= 15 is 0 Å². The number of aliphatic hydroxyl groups excluding tert-OH is 1. The van der Waals surface area contributed by atoms with E-state index in [1.54, 1.807) is 11.0 Å². The Balaban J connectivity index is 1.66. The molecule has 0 aromatic heterocycles. The summed E-state index contributed by atoms with van der Waals surface area (Å²) in [6, 6.07) is 25.9. The fourth-order valence-electron chi connectivity index (χ4n) is 4.12. The van der Waals surface area contributed by atoms with Gasteiger partial charge in [-0.2, -0.15) is 0 Å². The molecular formula is C29H27NO4. The summed E-state index contributed by atoms with van der Waals surface area (Å²) in [6.07, 6.45) is 3.71. The van der Waals surface area contributed by atoms with E-state index in [-0.39, 0.29) is 5.57 Å². The maximum absolute atomic E-state index is 13.2. The van der Waals surface area contributed by atoms with Gasteiger partial charge in [0.1, 0.15) is 5.75 Å². The van der Waals surface area contributed by atoms with Crippen LogP contribution in [-0.2, 0) is 16.0 Å². The Morgan fingerprint density at radius 3 is 2.26 bits per heavy atom. The number of amides is 1. The molecule has 1 amide bonds. The lowest BCUT2D eigenvalue weighted by atomic mass is 9.95. The van der Waals surface area contributed by atoms with Crippen LogP contribution in [0.25, 0.3) is 6.08 Å². The molecule has 1 heterocycles. The molecule has 5 nitrogen and oxygen atoms in total. The second-order valence-corrected chi connectivity index (χ2v) is 8.01. The summed E-state index contributed by atoms with van der Waals surface area (Å²) >= 11 is 0. The van der Waals surface area contributed by atoms with Gasteiger partial charge in [-0.05, 0) is 48.2 Å². The molecule has 5 heteroatoms. The van der Waals surface area contributed by atoms with Crippen molar-refractivity contribution in [2.75, 3.05) is 13.2 Å². The number of aliphatic hydroxyl groups is 1. The monoisotopic (exact) mass is 453 g/mol. The van der Waals surface area contributed by atoms with Crippen molar-refractivity contribution in [2.45, 2.75) is 19.4 Å². The van der Waals surface area contributed by atoms with Crippen LogP contribution in [0.15, 0.2) is 102 Å². The summed E-state index contributed by atoms with van der Waals surface area (Å²) in [5.41, 5.74) is 2.77. The number of carbonyl (C=O) groups is 2. The Hall–Kier alpha value is -4.12. The van der Waals surface area contributed by atoms with Gasteiger partial charge < -0.3 is 14.7 Å². The minimum absolute atomic E-state index is 0.0920. The summed E-state index contributed by atoms with van der Waals surface area (Å²) in [5, 5.41) is 10.8. The molecule has 1 N–H and O–H groups in total. The second kappa shape index (κ2) is 10.7. The molecule has 0 saturated heterocycles. The lowest BCUT2D eigenvalue weighted by molar-refractivity contribution is -0.129. The third kappa shape index (κ3) is 5.09. The summed E-state index contributed by atoms with van der Waals surface area (Å²) < 4.78 is 5.54. The fraction of sp³-hybridized carbons (Fsp3) is 0.172. The van der Waals surface area contributed by atoms with E-state index in [4.69, 9.17) is 4.74 Å². The van der Waals surface area contributed by atoms with Gasteiger partial charge in [-0.3, -0.25) is 9.59 Å². The molecule has 34 heavy (non-hydrogen) atoms. The highest BCUT2D eigenvalue weighted by molar-refractivity contribution is 6.14. The third-order valence-corrected chi connectivity index (χ3v) is 5.79. The minimum Gasteiger partial charge on any atom is -0.503 e. The first kappa shape index (κ1) is 23.1. The van der Waals surface area contributed by atoms with Crippen LogP contribution in [0.3, 0.4) is 0 Å². The fourth-order valence-corrected chi connectivity index (χ4v) is 4.12. The van der Waals surface area contributed by atoms with Crippen molar-refractivity contribution in [1.82, 2.24) is 4.90 Å². The summed E-state index contributed by atoms with van der Waals surface area (Å²) in [6.45, 7) is 2.81. The van der Waals surface area contributed by atoms with Crippen molar-refractivity contribution in [3.8, 4) is 5.75 Å². The van der Waals surface area contributed by atoms with Crippen LogP contribution in [-0.4, -0.2) is 34.8 Å². The van der Waals surface area contributed by atoms with Crippen LogP contribution in [0.2, 0.25) is 0 Å². The van der Waals surface area contributed by atoms with Gasteiger partial charge in [0.25, 0.3) is 5.91 Å². The standard InChI is InChI=1S/C29H27NO4/c1-2-34-24-16-14-23(15-17-24)27-26(25(31)18-13-21-9-5-3-6-10-21)28(32)29(33)30(27)20-19-22-11-7-4-8-12-22/h3-18,27,32H,2,19-20H2,1H3/b18-13+. The largest absolute Gasteiger partial charge is 0.503 e. The van der Waals surface area contributed by atoms with E-state index in [1.807, 2.05) is 91.9 Å². The van der Waals surface area contributed by atoms with E-state index in [1.165, 1.54) is 6.08 Å². The van der Waals surface area contributed by atoms with Crippen molar-refractivity contribution in [2.24, 2.45) is 0 Å². The Morgan fingerprint density at radius 2 is 1.62 bits per heavy atom. The molecule has 0 radical (unpaired) electrons. The molecule has 0 aliphatic carbocycles. The predicted molar refractivity (Wildman–Crippen MR) is 132 cm³/mol. The van der Waals surface area contributed by atoms with E-state index in [2.05, 4.69) is 0 Å². The molecule has 0 spiro atoms. The smallest absolute Gasteiger partial charge is 0.290 e. The normalized spacial score (nSPS) is 15.9. The molecule has 1 atom stereocenters. The molecule has 3 aromatic rings. The number of ether oxygens (including phenoxy) is 1. The summed E-state index contributed by atoms with van der Waals surface area (Å²) in [4.78, 5) is 27.9. The second-order valence-electron chi connectivity index (χ2n) is 8.01. The summed E-state index contributed by atoms with van der Waals surface area (Å²) in [5.74, 6) is -0.715. The first-order valence-corrected chi connectivity index (χ1v) is 11.4. The zero-order valence-corrected chi connectivity index (χ0v) is 19.1. The predicted octanol–water partition coefficient (Wildman–Crippen LogP) is 5.31. The highest BCUT2D eigenvalue weighted by Gasteiger charge is 2.42. The first-order valence-electron chi connectivity index (χ1n) is 11.4. The van der Waals surface area contributed by atoms with Gasteiger partial charge in [0, 0.05) is 6.54 Å². The maximum Gasteiger partial charge on any atom is 0.290 e. The number of hydrogen-bond donors (Lipinski definition) is 1. The summed E-state index contributed by atoms with van der Waals surface area (Å²) in [7, 11) is 0. The minimum atomic E-state index is -0.681. The van der Waals surface area contributed by atoms with E-state index in [9.17, 15) is 14.7 Å². The number of allylic oxidation sites excluding steroid dienone is 1. The number of benzene rings is 3. The Labute approximate surface area is 199 Å². The van der Waals surface area contributed by atoms with Gasteiger partial charge in [-0.25, -0.2) is 0 Å². The van der Waals surface area contributed by atoms with Crippen molar-refractivity contribution in [3.63, 3.8) is 0 Å². The van der Waals surface area contributed by atoms with Gasteiger partial charge >= 0.3 is 0 Å². The van der Waals surface area contributed by atoms with Gasteiger partial charge in [-0.1, -0.05) is 78.9 Å². The molecular weight excluding hydrogens is 426 g/mol. The molecule has 4 rings (SSSR count). The first-order chi connectivity index (χ1) is 16.6. The number of ketones is 1. The van der Waals surface area contributed by atoms with Crippen LogP contribution in [0.4, 0.5) is 0 Å². The van der Waals surface area contributed by atoms with Crippen LogP contribution in [0.1, 0.15) is 29.7 Å². The van der Waals surface area contributed by atoms with Crippen LogP contribution >= 0.6 is 0 Å². The molecule has 0 fully saturated rings. The van der Waals surface area contributed by atoms with Gasteiger partial charge in [0.05, 0.1) is 18.2 Å². The zero-order chi connectivity index (χ0) is 23.9. The molecule has 1 unspecified atom stereocenters. The number of hydrogen-bond acceptors (Lipinski definition) is 4. The molecule has 1 aliphatic heterocycles. The van der Waals surface area contributed by atoms with Gasteiger partial charge in [0.15, 0.2) is 11.5 Å². The quantitative estimate of drug-likeness (QED) is 0.446. The Morgan fingerprint density at radius 1 is 0.971 bits per heavy atom. The average Bonchev–Trinajstić information content (AvgIpc) is 3.13.